The second-order valence-corrected chi connectivity index (χ2v) is 11.1. The monoisotopic (exact) mass is 474 g/mol. The fourth-order valence-electron chi connectivity index (χ4n) is 3.45. The number of hydrogen-bond donors (Lipinski definition) is 1. The van der Waals surface area contributed by atoms with Crippen molar-refractivity contribution >= 4 is 37.0 Å². The topological polar surface area (TPSA) is 37.3 Å². The molecule has 2 atom stereocenters. The Hall–Kier alpha value is -0.501. The average molecular weight is 474 g/mol. The van der Waals surface area contributed by atoms with Crippen molar-refractivity contribution < 1.29 is 9.90 Å². The maximum atomic E-state index is 10.5. The fraction of sp³-hybridized carbons (Fsp3) is 0.708. The zero-order chi connectivity index (χ0) is 20.5. The van der Waals surface area contributed by atoms with E-state index in [1.165, 1.54) is 62.2 Å². The van der Waals surface area contributed by atoms with Crippen molar-refractivity contribution in [3.63, 3.8) is 0 Å². The first kappa shape index (κ1) is 25.5. The standard InChI is InChI=1S/C24H39ClO2Se/c1-2-3-4-5-8-14-19-23(28-21-16-11-10-12-17-21)22(25)18-13-7-6-9-15-20-24(26)27/h10-12,16-17,22-23H,2-9,13-15,18-20H2,1H3,(H,26,27). The molecule has 0 aliphatic carbocycles. The summed E-state index contributed by atoms with van der Waals surface area (Å²) >= 11 is 7.32. The molecule has 1 aromatic carbocycles. The van der Waals surface area contributed by atoms with Gasteiger partial charge in [0.05, 0.1) is 0 Å². The average Bonchev–Trinajstić information content (AvgIpc) is 2.69. The summed E-state index contributed by atoms with van der Waals surface area (Å²) in [5.74, 6) is -0.679. The molecule has 0 aliphatic rings. The summed E-state index contributed by atoms with van der Waals surface area (Å²) in [6.07, 6.45) is 16.0. The minimum atomic E-state index is -0.679. The van der Waals surface area contributed by atoms with Gasteiger partial charge in [0, 0.05) is 0 Å². The van der Waals surface area contributed by atoms with Crippen LogP contribution in [-0.2, 0) is 4.79 Å². The molecule has 160 valence electrons. The Kier molecular flexibility index (Phi) is 15.8. The van der Waals surface area contributed by atoms with Crippen LogP contribution in [0.1, 0.15) is 96.8 Å². The SMILES string of the molecule is CCCCCCCCC([Se]c1ccccc1)C(Cl)CCCCCCCC(=O)O. The quantitative estimate of drug-likeness (QED) is 0.142. The summed E-state index contributed by atoms with van der Waals surface area (Å²) in [4.78, 5) is 11.2. The van der Waals surface area contributed by atoms with E-state index in [-0.39, 0.29) is 5.38 Å². The van der Waals surface area contributed by atoms with Crippen molar-refractivity contribution in [1.29, 1.82) is 0 Å². The predicted molar refractivity (Wildman–Crippen MR) is 123 cm³/mol. The third-order valence-electron chi connectivity index (χ3n) is 5.15. The summed E-state index contributed by atoms with van der Waals surface area (Å²) in [6.45, 7) is 2.27. The van der Waals surface area contributed by atoms with Crippen molar-refractivity contribution in [3.05, 3.63) is 30.3 Å². The van der Waals surface area contributed by atoms with Gasteiger partial charge >= 0.3 is 184 Å². The molecule has 0 saturated carbocycles. The van der Waals surface area contributed by atoms with E-state index in [1.807, 2.05) is 0 Å². The van der Waals surface area contributed by atoms with Gasteiger partial charge < -0.3 is 0 Å². The first-order valence-corrected chi connectivity index (χ1v) is 13.5. The molecule has 0 bridgehead atoms. The molecular formula is C24H39ClO2Se. The predicted octanol–water partition coefficient (Wildman–Crippen LogP) is 6.98. The van der Waals surface area contributed by atoms with Gasteiger partial charge in [0.25, 0.3) is 0 Å². The van der Waals surface area contributed by atoms with E-state index >= 15 is 0 Å². The molecule has 28 heavy (non-hydrogen) atoms. The molecule has 0 spiro atoms. The van der Waals surface area contributed by atoms with Crippen LogP contribution in [0.2, 0.25) is 4.82 Å². The summed E-state index contributed by atoms with van der Waals surface area (Å²) in [5.41, 5.74) is 0. The van der Waals surface area contributed by atoms with Crippen LogP contribution in [-0.4, -0.2) is 31.4 Å². The third-order valence-corrected chi connectivity index (χ3v) is 8.97. The molecule has 4 heteroatoms. The van der Waals surface area contributed by atoms with Gasteiger partial charge in [-0.15, -0.1) is 0 Å². The van der Waals surface area contributed by atoms with Crippen LogP contribution in [0.5, 0.6) is 0 Å². The van der Waals surface area contributed by atoms with Crippen LogP contribution in [0.4, 0.5) is 0 Å². The molecule has 0 radical (unpaired) electrons. The van der Waals surface area contributed by atoms with Crippen LogP contribution in [0.15, 0.2) is 30.3 Å². The van der Waals surface area contributed by atoms with Crippen molar-refractivity contribution in [2.45, 2.75) is 107 Å². The van der Waals surface area contributed by atoms with Gasteiger partial charge in [-0.2, -0.15) is 0 Å². The Bertz CT molecular complexity index is 495. The number of carboxylic acid groups (broad SMARTS) is 1. The normalized spacial score (nSPS) is 13.4. The molecule has 1 aromatic rings. The van der Waals surface area contributed by atoms with E-state index in [2.05, 4.69) is 37.3 Å². The van der Waals surface area contributed by atoms with Crippen molar-refractivity contribution in [3.8, 4) is 0 Å². The van der Waals surface area contributed by atoms with Gasteiger partial charge in [-0.1, -0.05) is 0 Å². The van der Waals surface area contributed by atoms with Gasteiger partial charge in [0.2, 0.25) is 0 Å². The zero-order valence-corrected chi connectivity index (χ0v) is 20.1. The van der Waals surface area contributed by atoms with Crippen molar-refractivity contribution in [2.75, 3.05) is 0 Å². The number of carbonyl (C=O) groups is 1. The summed E-state index contributed by atoms with van der Waals surface area (Å²) in [6, 6.07) is 10.9. The molecule has 2 unspecified atom stereocenters. The summed E-state index contributed by atoms with van der Waals surface area (Å²) < 4.78 is 1.46. The van der Waals surface area contributed by atoms with Crippen LogP contribution in [0, 0.1) is 0 Å². The molecule has 0 saturated heterocycles. The third kappa shape index (κ3) is 13.6. The Morgan fingerprint density at radius 2 is 1.46 bits per heavy atom. The molecular weight excluding hydrogens is 435 g/mol. The van der Waals surface area contributed by atoms with E-state index in [4.69, 9.17) is 16.7 Å². The molecule has 0 heterocycles. The number of benzene rings is 1. The molecule has 0 aliphatic heterocycles. The van der Waals surface area contributed by atoms with Gasteiger partial charge in [-0.25, -0.2) is 0 Å². The molecule has 0 amide bonds. The van der Waals surface area contributed by atoms with Gasteiger partial charge in [-0.3, -0.25) is 0 Å². The van der Waals surface area contributed by atoms with E-state index < -0.39 is 5.97 Å². The first-order valence-electron chi connectivity index (χ1n) is 11.2. The number of hydrogen-bond acceptors (Lipinski definition) is 1. The number of carboxylic acids is 1. The van der Waals surface area contributed by atoms with E-state index in [0.717, 1.165) is 25.7 Å². The number of unbranched alkanes of at least 4 members (excludes halogenated alkanes) is 9. The number of alkyl halides is 1. The molecule has 1 rings (SSSR count). The first-order chi connectivity index (χ1) is 13.6. The number of rotatable bonds is 18. The molecule has 0 aromatic heterocycles. The minimum absolute atomic E-state index is 0.273. The number of aliphatic carboxylic acids is 1. The second kappa shape index (κ2) is 17.4. The fourth-order valence-corrected chi connectivity index (χ4v) is 6.58. The van der Waals surface area contributed by atoms with Crippen LogP contribution < -0.4 is 4.46 Å². The van der Waals surface area contributed by atoms with Crippen LogP contribution in [0.25, 0.3) is 0 Å². The van der Waals surface area contributed by atoms with E-state index in [1.54, 1.807) is 0 Å². The van der Waals surface area contributed by atoms with E-state index in [0.29, 0.717) is 26.2 Å². The van der Waals surface area contributed by atoms with Crippen LogP contribution >= 0.6 is 11.6 Å². The molecule has 2 nitrogen and oxygen atoms in total. The molecule has 0 fully saturated rings. The Morgan fingerprint density at radius 3 is 2.11 bits per heavy atom. The number of halogens is 1. The van der Waals surface area contributed by atoms with Gasteiger partial charge in [0.15, 0.2) is 0 Å². The summed E-state index contributed by atoms with van der Waals surface area (Å²) in [7, 11) is 0. The Balaban J connectivity index is 2.32. The second-order valence-electron chi connectivity index (χ2n) is 7.74. The Labute approximate surface area is 184 Å². The summed E-state index contributed by atoms with van der Waals surface area (Å²) in [5, 5.41) is 8.96. The molecule has 1 N–H and O–H groups in total. The maximum absolute atomic E-state index is 10.5. The van der Waals surface area contributed by atoms with Gasteiger partial charge in [0.1, 0.15) is 0 Å². The Morgan fingerprint density at radius 1 is 0.893 bits per heavy atom. The van der Waals surface area contributed by atoms with Gasteiger partial charge in [-0.05, 0) is 0 Å². The van der Waals surface area contributed by atoms with Crippen molar-refractivity contribution in [1.82, 2.24) is 0 Å². The van der Waals surface area contributed by atoms with Crippen molar-refractivity contribution in [2.24, 2.45) is 0 Å². The van der Waals surface area contributed by atoms with Crippen LogP contribution in [0.3, 0.4) is 0 Å². The van der Waals surface area contributed by atoms with E-state index in [9.17, 15) is 4.79 Å². The zero-order valence-electron chi connectivity index (χ0n) is 17.6.